The van der Waals surface area contributed by atoms with Gasteiger partial charge in [0.25, 0.3) is 0 Å². The Kier molecular flexibility index (Phi) is 8.34. The average molecular weight is 382 g/mol. The molecule has 1 fully saturated rings. The first-order chi connectivity index (χ1) is 12.4. The molecule has 3 N–H and O–H groups in total. The third-order valence-corrected chi connectivity index (χ3v) is 5.32. The van der Waals surface area contributed by atoms with Crippen LogP contribution in [0.1, 0.15) is 38.6 Å². The van der Waals surface area contributed by atoms with Crippen LogP contribution in [0.3, 0.4) is 0 Å². The number of aliphatic imine (C=N–C) groups is 1. The van der Waals surface area contributed by atoms with Crippen molar-refractivity contribution in [1.82, 2.24) is 20.9 Å². The number of hydrogen-bond donors (Lipinski definition) is 3. The first-order valence-corrected chi connectivity index (χ1v) is 10.4. The summed E-state index contributed by atoms with van der Waals surface area (Å²) in [5.41, 5.74) is 0.135. The molecule has 0 amide bonds. The number of morpholine rings is 1. The lowest BCUT2D eigenvalue weighted by Crippen LogP contribution is -2.49. The molecule has 2 atom stereocenters. The smallest absolute Gasteiger partial charge is 0.191 e. The lowest BCUT2D eigenvalue weighted by atomic mass is 10.1. The minimum absolute atomic E-state index is 0.135. The van der Waals surface area contributed by atoms with Crippen LogP contribution in [-0.2, 0) is 4.74 Å². The molecule has 6 nitrogen and oxygen atoms in total. The van der Waals surface area contributed by atoms with Gasteiger partial charge in [0.1, 0.15) is 0 Å². The van der Waals surface area contributed by atoms with Crippen molar-refractivity contribution in [2.45, 2.75) is 45.4 Å². The Labute approximate surface area is 162 Å². The van der Waals surface area contributed by atoms with Crippen LogP contribution in [0.2, 0.25) is 0 Å². The summed E-state index contributed by atoms with van der Waals surface area (Å²) in [5, 5.41) is 12.5. The number of guanidine groups is 1. The van der Waals surface area contributed by atoms with Gasteiger partial charge >= 0.3 is 0 Å². The Hall–Kier alpha value is -1.15. The number of hydrogen-bond acceptors (Lipinski definition) is 5. The van der Waals surface area contributed by atoms with E-state index in [4.69, 9.17) is 4.74 Å². The predicted molar refractivity (Wildman–Crippen MR) is 111 cm³/mol. The number of thiophene rings is 1. The quantitative estimate of drug-likeness (QED) is 0.383. The van der Waals surface area contributed by atoms with Crippen molar-refractivity contribution in [2.75, 3.05) is 46.4 Å². The fraction of sp³-hybridized carbons (Fsp3) is 0.737. The third kappa shape index (κ3) is 7.23. The van der Waals surface area contributed by atoms with E-state index >= 15 is 0 Å². The van der Waals surface area contributed by atoms with Gasteiger partial charge in [0, 0.05) is 50.2 Å². The summed E-state index contributed by atoms with van der Waals surface area (Å²) in [6.07, 6.45) is 0.284. The summed E-state index contributed by atoms with van der Waals surface area (Å²) in [6, 6.07) is 4.69. The fourth-order valence-electron chi connectivity index (χ4n) is 3.05. The highest BCUT2D eigenvalue weighted by molar-refractivity contribution is 7.10. The Morgan fingerprint density at radius 3 is 2.81 bits per heavy atom. The van der Waals surface area contributed by atoms with Gasteiger partial charge in [0.2, 0.25) is 0 Å². The maximum Gasteiger partial charge on any atom is 0.191 e. The molecule has 1 aliphatic rings. The van der Waals surface area contributed by atoms with Gasteiger partial charge in [0.05, 0.1) is 18.8 Å². The summed E-state index contributed by atoms with van der Waals surface area (Å²) in [4.78, 5) is 8.26. The molecule has 2 heterocycles. The normalized spacial score (nSPS) is 20.8. The maximum absolute atomic E-state index is 5.71. The predicted octanol–water partition coefficient (Wildman–Crippen LogP) is 2.06. The van der Waals surface area contributed by atoms with Gasteiger partial charge in [-0.2, -0.15) is 0 Å². The van der Waals surface area contributed by atoms with Crippen LogP contribution in [0, 0.1) is 0 Å². The van der Waals surface area contributed by atoms with E-state index in [2.05, 4.69) is 71.1 Å². The molecule has 1 aliphatic heterocycles. The molecule has 1 aromatic rings. The van der Waals surface area contributed by atoms with Gasteiger partial charge in [-0.15, -0.1) is 11.3 Å². The number of nitrogens with zero attached hydrogens (tertiary/aromatic N) is 2. The summed E-state index contributed by atoms with van der Waals surface area (Å²) in [6.45, 7) is 14.0. The van der Waals surface area contributed by atoms with E-state index < -0.39 is 0 Å². The van der Waals surface area contributed by atoms with E-state index in [9.17, 15) is 0 Å². The number of ether oxygens (including phenoxy) is 1. The molecule has 1 aromatic heterocycles. The van der Waals surface area contributed by atoms with Crippen molar-refractivity contribution in [1.29, 1.82) is 0 Å². The Morgan fingerprint density at radius 1 is 1.38 bits per heavy atom. The van der Waals surface area contributed by atoms with Crippen molar-refractivity contribution in [3.05, 3.63) is 22.4 Å². The van der Waals surface area contributed by atoms with E-state index in [1.54, 1.807) is 0 Å². The van der Waals surface area contributed by atoms with E-state index in [1.807, 2.05) is 18.4 Å². The highest BCUT2D eigenvalue weighted by atomic mass is 32.1. The van der Waals surface area contributed by atoms with Crippen molar-refractivity contribution in [2.24, 2.45) is 4.99 Å². The molecule has 0 saturated carbocycles. The molecule has 0 bridgehead atoms. The summed E-state index contributed by atoms with van der Waals surface area (Å²) in [5.74, 6) is 0.851. The molecule has 7 heteroatoms. The molecule has 2 unspecified atom stereocenters. The molecular formula is C19H35N5OS. The van der Waals surface area contributed by atoms with Crippen LogP contribution in [0.25, 0.3) is 0 Å². The zero-order valence-electron chi connectivity index (χ0n) is 16.8. The number of rotatable bonds is 7. The second-order valence-electron chi connectivity index (χ2n) is 7.76. The van der Waals surface area contributed by atoms with Gasteiger partial charge < -0.3 is 20.7 Å². The van der Waals surface area contributed by atoms with Gasteiger partial charge in [-0.3, -0.25) is 9.89 Å². The fourth-order valence-corrected chi connectivity index (χ4v) is 3.91. The minimum Gasteiger partial charge on any atom is -0.376 e. The van der Waals surface area contributed by atoms with Crippen LogP contribution in [0.5, 0.6) is 0 Å². The second-order valence-corrected chi connectivity index (χ2v) is 8.74. The lowest BCUT2D eigenvalue weighted by Gasteiger charge is -2.37. The first-order valence-electron chi connectivity index (χ1n) is 9.47. The third-order valence-electron chi connectivity index (χ3n) is 4.34. The first kappa shape index (κ1) is 21.2. The van der Waals surface area contributed by atoms with E-state index in [0.717, 1.165) is 45.3 Å². The average Bonchev–Trinajstić information content (AvgIpc) is 3.10. The van der Waals surface area contributed by atoms with Crippen LogP contribution in [0.4, 0.5) is 0 Å². The van der Waals surface area contributed by atoms with Crippen LogP contribution < -0.4 is 16.0 Å². The standard InChI is InChI=1S/C19H35N5OS/c1-15-14-24(10-11-25-15)16(17-7-6-12-26-17)13-22-18(20-5)21-8-9-23-19(2,3)4/h6-7,12,15-16,23H,8-11,13-14H2,1-5H3,(H2,20,21,22). The molecule has 1 saturated heterocycles. The molecule has 0 aliphatic carbocycles. The number of nitrogens with one attached hydrogen (secondary N) is 3. The summed E-state index contributed by atoms with van der Waals surface area (Å²) < 4.78 is 5.71. The zero-order valence-corrected chi connectivity index (χ0v) is 17.7. The van der Waals surface area contributed by atoms with Crippen molar-refractivity contribution in [3.8, 4) is 0 Å². The van der Waals surface area contributed by atoms with Gasteiger partial charge in [-0.05, 0) is 39.1 Å². The summed E-state index contributed by atoms with van der Waals surface area (Å²) in [7, 11) is 1.82. The minimum atomic E-state index is 0.135. The molecular weight excluding hydrogens is 346 g/mol. The Morgan fingerprint density at radius 2 is 2.19 bits per heavy atom. The molecule has 2 rings (SSSR count). The van der Waals surface area contributed by atoms with Gasteiger partial charge in [-0.25, -0.2) is 0 Å². The topological polar surface area (TPSA) is 60.9 Å². The molecule has 0 aromatic carbocycles. The van der Waals surface area contributed by atoms with Gasteiger partial charge in [-0.1, -0.05) is 6.07 Å². The van der Waals surface area contributed by atoms with Crippen molar-refractivity contribution in [3.63, 3.8) is 0 Å². The second kappa shape index (κ2) is 10.3. The van der Waals surface area contributed by atoms with Crippen molar-refractivity contribution >= 4 is 17.3 Å². The van der Waals surface area contributed by atoms with Crippen LogP contribution in [0.15, 0.2) is 22.5 Å². The van der Waals surface area contributed by atoms with Gasteiger partial charge in [0.15, 0.2) is 5.96 Å². The monoisotopic (exact) mass is 381 g/mol. The lowest BCUT2D eigenvalue weighted by molar-refractivity contribution is -0.0334. The summed E-state index contributed by atoms with van der Waals surface area (Å²) >= 11 is 1.82. The SMILES string of the molecule is CN=C(NCCNC(C)(C)C)NCC(c1cccs1)N1CCOC(C)C1. The Bertz CT molecular complexity index is 541. The van der Waals surface area contributed by atoms with Crippen LogP contribution >= 0.6 is 11.3 Å². The largest absolute Gasteiger partial charge is 0.376 e. The molecule has 148 valence electrons. The zero-order chi connectivity index (χ0) is 19.0. The maximum atomic E-state index is 5.71. The molecule has 0 radical (unpaired) electrons. The Balaban J connectivity index is 1.87. The molecule has 26 heavy (non-hydrogen) atoms. The van der Waals surface area contributed by atoms with E-state index in [-0.39, 0.29) is 11.6 Å². The molecule has 0 spiro atoms. The van der Waals surface area contributed by atoms with E-state index in [0.29, 0.717) is 6.04 Å². The highest BCUT2D eigenvalue weighted by Gasteiger charge is 2.26. The van der Waals surface area contributed by atoms with Crippen LogP contribution in [-0.4, -0.2) is 68.9 Å². The van der Waals surface area contributed by atoms with E-state index in [1.165, 1.54) is 4.88 Å². The van der Waals surface area contributed by atoms with Crippen molar-refractivity contribution < 1.29 is 4.74 Å². The highest BCUT2D eigenvalue weighted by Crippen LogP contribution is 2.26.